The Hall–Kier alpha value is -3.88. The van der Waals surface area contributed by atoms with E-state index in [9.17, 15) is 14.9 Å². The molecule has 4 atom stereocenters. The summed E-state index contributed by atoms with van der Waals surface area (Å²) in [5.74, 6) is 0.964. The van der Waals surface area contributed by atoms with E-state index in [1.807, 2.05) is 78.9 Å². The van der Waals surface area contributed by atoms with Gasteiger partial charge in [-0.2, -0.15) is 5.26 Å². The number of ketones is 1. The number of ether oxygens (including phenoxy) is 5. The minimum Gasteiger partial charge on any atom is -0.497 e. The molecule has 1 unspecified atom stereocenters. The Morgan fingerprint density at radius 2 is 1.44 bits per heavy atom. The summed E-state index contributed by atoms with van der Waals surface area (Å²) < 4.78 is 45.8. The van der Waals surface area contributed by atoms with Crippen molar-refractivity contribution in [1.29, 1.82) is 5.26 Å². The Balaban J connectivity index is 1.71. The second kappa shape index (κ2) is 21.3. The summed E-state index contributed by atoms with van der Waals surface area (Å²) >= 11 is 0. The largest absolute Gasteiger partial charge is 0.497 e. The molecule has 1 aliphatic rings. The molecule has 1 heterocycles. The number of hydrogen-bond donors (Lipinski definition) is 0. The van der Waals surface area contributed by atoms with Gasteiger partial charge >= 0.3 is 5.97 Å². The van der Waals surface area contributed by atoms with E-state index in [0.29, 0.717) is 12.8 Å². The average Bonchev–Trinajstić information content (AvgIpc) is 3.55. The summed E-state index contributed by atoms with van der Waals surface area (Å²) in [6, 6.07) is 28.1. The number of hydrogen-bond acceptors (Lipinski definition) is 11. The van der Waals surface area contributed by atoms with Crippen LogP contribution in [0.25, 0.3) is 0 Å². The fraction of sp³-hybridized carbons (Fsp3) is 0.500. The van der Waals surface area contributed by atoms with Crippen molar-refractivity contribution < 1.29 is 42.3 Å². The van der Waals surface area contributed by atoms with E-state index in [0.717, 1.165) is 28.2 Å². The van der Waals surface area contributed by atoms with Crippen LogP contribution in [-0.4, -0.2) is 80.9 Å². The van der Waals surface area contributed by atoms with Gasteiger partial charge in [-0.25, -0.2) is 4.67 Å². The lowest BCUT2D eigenvalue weighted by molar-refractivity contribution is -0.145. The fourth-order valence-electron chi connectivity index (χ4n) is 6.59. The first-order valence-electron chi connectivity index (χ1n) is 18.6. The van der Waals surface area contributed by atoms with Crippen LogP contribution in [0.4, 0.5) is 0 Å². The highest BCUT2D eigenvalue weighted by Crippen LogP contribution is 2.50. The second-order valence-corrected chi connectivity index (χ2v) is 15.2. The first kappa shape index (κ1) is 42.9. The van der Waals surface area contributed by atoms with E-state index >= 15 is 0 Å². The number of nitrogens with zero attached hydrogens (tertiary/aromatic N) is 2. The zero-order chi connectivity index (χ0) is 39.1. The van der Waals surface area contributed by atoms with Gasteiger partial charge in [-0.05, 0) is 75.6 Å². The van der Waals surface area contributed by atoms with Crippen molar-refractivity contribution in [3.63, 3.8) is 0 Å². The van der Waals surface area contributed by atoms with Gasteiger partial charge in [-0.1, -0.05) is 54.6 Å². The molecule has 0 radical (unpaired) electrons. The highest BCUT2D eigenvalue weighted by atomic mass is 31.2. The van der Waals surface area contributed by atoms with E-state index in [-0.39, 0.29) is 63.1 Å². The summed E-state index contributed by atoms with van der Waals surface area (Å²) in [5.41, 5.74) is 1.61. The minimum absolute atomic E-state index is 0.0475. The minimum atomic E-state index is -1.59. The molecule has 3 aromatic rings. The Bertz CT molecular complexity index is 1570. The molecule has 3 aromatic carbocycles. The normalized spacial score (nSPS) is 17.8. The standard InChI is InChI=1S/C42H55N2O9P/c1-30(2)44(31(3)4)54(51-26-11-25-43)53-39-28-38(24-27-49-41(46)23-14-32(5)45)52-40(39)29-50-42(33-12-9-8-10-13-33,34-15-19-36(47-6)20-16-34)35-17-21-37(48-7)22-18-35/h8-10,12-13,15-22,30-31,38-40H,11,14,23-24,26-29H2,1-7H3/t38-,39-,40+,54?/m0/s1. The van der Waals surface area contributed by atoms with E-state index < -0.39 is 32.3 Å². The van der Waals surface area contributed by atoms with Crippen LogP contribution in [0.5, 0.6) is 11.5 Å². The van der Waals surface area contributed by atoms with Crippen LogP contribution in [0.3, 0.4) is 0 Å². The van der Waals surface area contributed by atoms with Gasteiger partial charge in [0.25, 0.3) is 8.53 Å². The molecule has 4 rings (SSSR count). The van der Waals surface area contributed by atoms with Crippen LogP contribution < -0.4 is 9.47 Å². The monoisotopic (exact) mass is 762 g/mol. The molecule has 292 valence electrons. The number of esters is 1. The first-order valence-corrected chi connectivity index (χ1v) is 19.7. The molecule has 0 aromatic heterocycles. The van der Waals surface area contributed by atoms with Crippen molar-refractivity contribution >= 4 is 20.3 Å². The van der Waals surface area contributed by atoms with Crippen molar-refractivity contribution in [1.82, 2.24) is 4.67 Å². The lowest BCUT2D eigenvalue weighted by Gasteiger charge is -2.39. The molecule has 1 saturated heterocycles. The Morgan fingerprint density at radius 1 is 0.870 bits per heavy atom. The summed E-state index contributed by atoms with van der Waals surface area (Å²) in [4.78, 5) is 23.7. The summed E-state index contributed by atoms with van der Waals surface area (Å²) in [6.45, 7) is 10.4. The third-order valence-corrected chi connectivity index (χ3v) is 11.3. The Morgan fingerprint density at radius 3 is 1.96 bits per heavy atom. The summed E-state index contributed by atoms with van der Waals surface area (Å²) in [7, 11) is 1.69. The molecule has 0 saturated carbocycles. The number of carbonyl (C=O) groups is 2. The van der Waals surface area contributed by atoms with Crippen molar-refractivity contribution in [2.75, 3.05) is 34.0 Å². The molecule has 0 aliphatic carbocycles. The Kier molecular flexibility index (Phi) is 16.9. The van der Waals surface area contributed by atoms with Crippen LogP contribution in [0, 0.1) is 11.3 Å². The van der Waals surface area contributed by atoms with Crippen molar-refractivity contribution in [3.8, 4) is 17.6 Å². The molecule has 54 heavy (non-hydrogen) atoms. The second-order valence-electron chi connectivity index (χ2n) is 13.7. The highest BCUT2D eigenvalue weighted by Gasteiger charge is 2.44. The maximum Gasteiger partial charge on any atom is 0.306 e. The number of nitriles is 1. The van der Waals surface area contributed by atoms with Gasteiger partial charge in [-0.15, -0.1) is 0 Å². The van der Waals surface area contributed by atoms with Crippen LogP contribution in [-0.2, 0) is 38.4 Å². The number of carbonyl (C=O) groups excluding carboxylic acids is 2. The lowest BCUT2D eigenvalue weighted by Crippen LogP contribution is -2.39. The number of methoxy groups -OCH3 is 2. The van der Waals surface area contributed by atoms with Gasteiger partial charge in [0.1, 0.15) is 29.0 Å². The quantitative estimate of drug-likeness (QED) is 0.0426. The third kappa shape index (κ3) is 11.6. The van der Waals surface area contributed by atoms with E-state index in [1.54, 1.807) is 14.2 Å². The number of Topliss-reactive ketones (excluding diaryl/α,β-unsaturated/α-hetero) is 1. The molecule has 0 amide bonds. The van der Waals surface area contributed by atoms with Gasteiger partial charge in [0.15, 0.2) is 0 Å². The maximum absolute atomic E-state index is 12.3. The zero-order valence-electron chi connectivity index (χ0n) is 32.6. The van der Waals surface area contributed by atoms with Gasteiger partial charge in [0.2, 0.25) is 0 Å². The van der Waals surface area contributed by atoms with Crippen LogP contribution in [0.15, 0.2) is 78.9 Å². The predicted octanol–water partition coefficient (Wildman–Crippen LogP) is 8.13. The molecule has 11 nitrogen and oxygen atoms in total. The Labute approximate surface area is 321 Å². The van der Waals surface area contributed by atoms with Crippen molar-refractivity contribution in [3.05, 3.63) is 95.6 Å². The average molecular weight is 763 g/mol. The molecular weight excluding hydrogens is 707 g/mol. The molecule has 1 fully saturated rings. The fourth-order valence-corrected chi connectivity index (χ4v) is 8.35. The van der Waals surface area contributed by atoms with Crippen LogP contribution in [0.2, 0.25) is 0 Å². The lowest BCUT2D eigenvalue weighted by atomic mass is 9.80. The smallest absolute Gasteiger partial charge is 0.306 e. The van der Waals surface area contributed by atoms with Gasteiger partial charge in [0, 0.05) is 31.3 Å². The molecular formula is C42H55N2O9P. The van der Waals surface area contributed by atoms with E-state index in [2.05, 4.69) is 38.4 Å². The predicted molar refractivity (Wildman–Crippen MR) is 207 cm³/mol. The summed E-state index contributed by atoms with van der Waals surface area (Å²) in [6.07, 6.45) is 0.0934. The van der Waals surface area contributed by atoms with Crippen molar-refractivity contribution in [2.45, 2.75) is 103 Å². The third-order valence-electron chi connectivity index (χ3n) is 9.19. The number of benzene rings is 3. The SMILES string of the molecule is COc1ccc(C(OC[C@H]2O[C@@H](CCOC(=O)CCC(C)=O)C[C@@H]2OP(OCCC#N)N(C(C)C)C(C)C)(c2ccccc2)c2ccc(OC)cc2)cc1. The highest BCUT2D eigenvalue weighted by molar-refractivity contribution is 7.44. The van der Waals surface area contributed by atoms with Gasteiger partial charge in [0.05, 0.1) is 65.2 Å². The maximum atomic E-state index is 12.3. The topological polar surface area (TPSA) is 126 Å². The molecule has 0 N–H and O–H groups in total. The molecule has 0 bridgehead atoms. The zero-order valence-corrected chi connectivity index (χ0v) is 33.5. The number of rotatable bonds is 22. The van der Waals surface area contributed by atoms with Gasteiger partial charge < -0.3 is 37.5 Å². The molecule has 12 heteroatoms. The van der Waals surface area contributed by atoms with E-state index in [1.165, 1.54) is 6.92 Å². The van der Waals surface area contributed by atoms with Crippen LogP contribution in [0.1, 0.15) is 83.4 Å². The molecule has 0 spiro atoms. The first-order chi connectivity index (χ1) is 26.0. The summed E-state index contributed by atoms with van der Waals surface area (Å²) in [5, 5.41) is 9.29. The van der Waals surface area contributed by atoms with Gasteiger partial charge in [-0.3, -0.25) is 4.79 Å². The van der Waals surface area contributed by atoms with E-state index in [4.69, 9.17) is 32.7 Å². The van der Waals surface area contributed by atoms with Crippen molar-refractivity contribution in [2.24, 2.45) is 0 Å². The molecule has 1 aliphatic heterocycles. The van der Waals surface area contributed by atoms with Crippen LogP contribution >= 0.6 is 8.53 Å².